The highest BCUT2D eigenvalue weighted by Crippen LogP contribution is 2.45. The molecule has 0 N–H and O–H groups in total. The van der Waals surface area contributed by atoms with E-state index in [4.69, 9.17) is 30.2 Å². The molecule has 41 heavy (non-hydrogen) atoms. The van der Waals surface area contributed by atoms with E-state index in [-0.39, 0.29) is 38.9 Å². The summed E-state index contributed by atoms with van der Waals surface area (Å²) >= 11 is 7.20. The van der Waals surface area contributed by atoms with Gasteiger partial charge in [-0.05, 0) is 56.2 Å². The number of aromatic nitrogens is 1. The van der Waals surface area contributed by atoms with E-state index in [0.29, 0.717) is 41.0 Å². The third-order valence-corrected chi connectivity index (χ3v) is 7.76. The first-order valence-corrected chi connectivity index (χ1v) is 14.2. The first-order chi connectivity index (χ1) is 19.8. The van der Waals surface area contributed by atoms with Gasteiger partial charge in [0.1, 0.15) is 17.1 Å². The SMILES string of the molecule is C=CCOC(=O)c1sc(N2C(=O)c3oc4ccc(Cl)cc4c(=O)c3C2c2ccc(OCCC)c(OCC)c2)nc1C. The highest BCUT2D eigenvalue weighted by atomic mass is 35.5. The first kappa shape index (κ1) is 28.4. The summed E-state index contributed by atoms with van der Waals surface area (Å²) in [4.78, 5) is 46.7. The number of anilines is 1. The number of halogens is 1. The standard InChI is InChI=1S/C30H27ClN2O7S/c1-5-12-38-21-10-8-17(14-22(21)37-7-3)24-23-25(34)19-15-18(31)9-11-20(19)40-26(23)28(35)33(24)30-32-16(4)27(41-30)29(36)39-13-6-2/h6,8-11,14-15,24H,2,5,7,12-13H2,1,3-4H3. The molecular weight excluding hydrogens is 568 g/mol. The molecule has 0 saturated carbocycles. The van der Waals surface area contributed by atoms with Crippen molar-refractivity contribution in [2.24, 2.45) is 0 Å². The molecule has 0 aliphatic carbocycles. The summed E-state index contributed by atoms with van der Waals surface area (Å²) in [7, 11) is 0. The Balaban J connectivity index is 1.72. The average molecular weight is 595 g/mol. The zero-order chi connectivity index (χ0) is 29.3. The highest BCUT2D eigenvalue weighted by Gasteiger charge is 2.45. The van der Waals surface area contributed by atoms with Gasteiger partial charge in [-0.3, -0.25) is 14.5 Å². The van der Waals surface area contributed by atoms with E-state index in [1.807, 2.05) is 13.8 Å². The topological polar surface area (TPSA) is 108 Å². The number of amides is 1. The van der Waals surface area contributed by atoms with Crippen LogP contribution in [0.15, 0.2) is 58.3 Å². The van der Waals surface area contributed by atoms with Crippen LogP contribution in [-0.2, 0) is 4.74 Å². The van der Waals surface area contributed by atoms with Crippen LogP contribution in [0.2, 0.25) is 5.02 Å². The Morgan fingerprint density at radius 3 is 2.71 bits per heavy atom. The van der Waals surface area contributed by atoms with Gasteiger partial charge in [-0.25, -0.2) is 9.78 Å². The van der Waals surface area contributed by atoms with Crippen molar-refractivity contribution in [3.63, 3.8) is 0 Å². The summed E-state index contributed by atoms with van der Waals surface area (Å²) in [5.41, 5.74) is 0.929. The minimum absolute atomic E-state index is 0.0302. The quantitative estimate of drug-likeness (QED) is 0.151. The molecule has 1 amide bonds. The number of benzene rings is 2. The Morgan fingerprint density at radius 2 is 1.98 bits per heavy atom. The van der Waals surface area contributed by atoms with Crippen LogP contribution in [0.4, 0.5) is 5.13 Å². The molecule has 9 nitrogen and oxygen atoms in total. The Labute approximate surface area is 244 Å². The van der Waals surface area contributed by atoms with Crippen LogP contribution in [0.25, 0.3) is 11.0 Å². The Bertz CT molecular complexity index is 1730. The van der Waals surface area contributed by atoms with Crippen molar-refractivity contribution >= 4 is 50.9 Å². The maximum absolute atomic E-state index is 14.0. The van der Waals surface area contributed by atoms with Gasteiger partial charge in [-0.15, -0.1) is 0 Å². The van der Waals surface area contributed by atoms with Crippen LogP contribution in [0.1, 0.15) is 63.4 Å². The smallest absolute Gasteiger partial charge is 0.350 e. The molecule has 1 atom stereocenters. The van der Waals surface area contributed by atoms with E-state index in [9.17, 15) is 14.4 Å². The van der Waals surface area contributed by atoms with Crippen molar-refractivity contribution in [2.45, 2.75) is 33.2 Å². The Kier molecular flexibility index (Phi) is 8.14. The zero-order valence-electron chi connectivity index (χ0n) is 22.7. The van der Waals surface area contributed by atoms with Gasteiger partial charge in [-0.1, -0.05) is 48.6 Å². The zero-order valence-corrected chi connectivity index (χ0v) is 24.3. The van der Waals surface area contributed by atoms with Gasteiger partial charge in [0.05, 0.1) is 35.9 Å². The van der Waals surface area contributed by atoms with Crippen LogP contribution in [0.5, 0.6) is 11.5 Å². The predicted molar refractivity (Wildman–Crippen MR) is 157 cm³/mol. The van der Waals surface area contributed by atoms with Crippen molar-refractivity contribution in [3.8, 4) is 11.5 Å². The number of rotatable bonds is 10. The van der Waals surface area contributed by atoms with Crippen molar-refractivity contribution in [1.29, 1.82) is 0 Å². The van der Waals surface area contributed by atoms with Crippen molar-refractivity contribution in [3.05, 3.63) is 91.8 Å². The number of thiazole rings is 1. The lowest BCUT2D eigenvalue weighted by atomic mass is 9.98. The van der Waals surface area contributed by atoms with E-state index in [0.717, 1.165) is 17.8 Å². The van der Waals surface area contributed by atoms with Gasteiger partial charge in [0.15, 0.2) is 22.1 Å². The van der Waals surface area contributed by atoms with E-state index in [1.165, 1.54) is 17.0 Å². The highest BCUT2D eigenvalue weighted by molar-refractivity contribution is 7.17. The Morgan fingerprint density at radius 1 is 1.17 bits per heavy atom. The van der Waals surface area contributed by atoms with E-state index < -0.39 is 23.3 Å². The summed E-state index contributed by atoms with van der Waals surface area (Å²) in [6.07, 6.45) is 2.27. The summed E-state index contributed by atoms with van der Waals surface area (Å²) in [5, 5.41) is 0.810. The second-order valence-corrected chi connectivity index (χ2v) is 10.6. The molecular formula is C30H27ClN2O7S. The molecule has 212 valence electrons. The van der Waals surface area contributed by atoms with Crippen molar-refractivity contribution in [2.75, 3.05) is 24.7 Å². The molecule has 5 rings (SSSR count). The average Bonchev–Trinajstić information content (AvgIpc) is 3.48. The molecule has 0 saturated heterocycles. The number of nitrogens with zero attached hydrogens (tertiary/aromatic N) is 2. The van der Waals surface area contributed by atoms with Gasteiger partial charge >= 0.3 is 5.97 Å². The fourth-order valence-corrected chi connectivity index (χ4v) is 5.79. The monoisotopic (exact) mass is 594 g/mol. The molecule has 2 aromatic heterocycles. The van der Waals surface area contributed by atoms with Crippen LogP contribution in [0, 0.1) is 6.92 Å². The lowest BCUT2D eigenvalue weighted by Crippen LogP contribution is -2.29. The summed E-state index contributed by atoms with van der Waals surface area (Å²) < 4.78 is 23.0. The maximum Gasteiger partial charge on any atom is 0.350 e. The van der Waals surface area contributed by atoms with E-state index in [1.54, 1.807) is 37.3 Å². The molecule has 3 heterocycles. The van der Waals surface area contributed by atoms with Gasteiger partial charge < -0.3 is 18.6 Å². The molecule has 0 fully saturated rings. The molecule has 0 radical (unpaired) electrons. The van der Waals surface area contributed by atoms with Gasteiger partial charge in [0.2, 0.25) is 5.76 Å². The number of hydrogen-bond donors (Lipinski definition) is 0. The van der Waals surface area contributed by atoms with Crippen LogP contribution in [0.3, 0.4) is 0 Å². The molecule has 1 aliphatic rings. The summed E-state index contributed by atoms with van der Waals surface area (Å²) in [5.74, 6) is -0.247. The fourth-order valence-electron chi connectivity index (χ4n) is 4.63. The van der Waals surface area contributed by atoms with Gasteiger partial charge in [0, 0.05) is 5.02 Å². The Hall–Kier alpha value is -4.15. The van der Waals surface area contributed by atoms with Crippen LogP contribution >= 0.6 is 22.9 Å². The maximum atomic E-state index is 14.0. The lowest BCUT2D eigenvalue weighted by Gasteiger charge is -2.23. The third-order valence-electron chi connectivity index (χ3n) is 6.39. The molecule has 4 aromatic rings. The number of fused-ring (bicyclic) bond motifs is 2. The van der Waals surface area contributed by atoms with Crippen molar-refractivity contribution < 1.29 is 28.2 Å². The largest absolute Gasteiger partial charge is 0.490 e. The molecule has 11 heteroatoms. The number of carbonyl (C=O) groups excluding carboxylic acids is 2. The number of carbonyl (C=O) groups is 2. The summed E-state index contributed by atoms with van der Waals surface area (Å²) in [6.45, 7) is 9.97. The molecule has 0 bridgehead atoms. The predicted octanol–water partition coefficient (Wildman–Crippen LogP) is 6.49. The van der Waals surface area contributed by atoms with E-state index in [2.05, 4.69) is 11.6 Å². The molecule has 1 unspecified atom stereocenters. The first-order valence-electron chi connectivity index (χ1n) is 13.0. The molecule has 0 spiro atoms. The van der Waals surface area contributed by atoms with Crippen LogP contribution < -0.4 is 19.8 Å². The van der Waals surface area contributed by atoms with Crippen LogP contribution in [-0.4, -0.2) is 36.7 Å². The third kappa shape index (κ3) is 5.20. The lowest BCUT2D eigenvalue weighted by molar-refractivity contribution is 0.0554. The molecule has 2 aromatic carbocycles. The van der Waals surface area contributed by atoms with E-state index >= 15 is 0 Å². The van der Waals surface area contributed by atoms with Crippen molar-refractivity contribution in [1.82, 2.24) is 4.98 Å². The second-order valence-electron chi connectivity index (χ2n) is 9.18. The minimum Gasteiger partial charge on any atom is -0.490 e. The molecule has 1 aliphatic heterocycles. The second kappa shape index (κ2) is 11.8. The van der Waals surface area contributed by atoms with Gasteiger partial charge in [-0.2, -0.15) is 0 Å². The number of aryl methyl sites for hydroxylation is 1. The van der Waals surface area contributed by atoms with Gasteiger partial charge in [0.25, 0.3) is 5.91 Å². The normalized spacial score (nSPS) is 14.3. The summed E-state index contributed by atoms with van der Waals surface area (Å²) in [6, 6.07) is 8.99. The minimum atomic E-state index is -0.931. The fraction of sp³-hybridized carbons (Fsp3) is 0.267. The number of hydrogen-bond acceptors (Lipinski definition) is 9. The number of ether oxygens (including phenoxy) is 3. The number of esters is 1.